The predicted molar refractivity (Wildman–Crippen MR) is 110 cm³/mol. The van der Waals surface area contributed by atoms with E-state index < -0.39 is 11.7 Å². The third-order valence-corrected chi connectivity index (χ3v) is 5.31. The highest BCUT2D eigenvalue weighted by Gasteiger charge is 2.31. The average molecular weight is 407 g/mol. The Morgan fingerprint density at radius 2 is 1.97 bits per heavy atom. The number of hydrazine groups is 1. The van der Waals surface area contributed by atoms with E-state index in [-0.39, 0.29) is 18.1 Å². The summed E-state index contributed by atoms with van der Waals surface area (Å²) in [7, 11) is 0. The van der Waals surface area contributed by atoms with Crippen LogP contribution in [0.4, 0.5) is 10.6 Å². The molecule has 2 heterocycles. The second kappa shape index (κ2) is 9.02. The minimum Gasteiger partial charge on any atom is -0.443 e. The van der Waals surface area contributed by atoms with E-state index >= 15 is 0 Å². The average Bonchev–Trinajstić information content (AvgIpc) is 3.07. The summed E-state index contributed by atoms with van der Waals surface area (Å²) in [5, 5.41) is 10.4. The summed E-state index contributed by atoms with van der Waals surface area (Å²) in [5.41, 5.74) is 8.84. The molecule has 1 unspecified atom stereocenters. The topological polar surface area (TPSA) is 118 Å². The summed E-state index contributed by atoms with van der Waals surface area (Å²) in [5.74, 6) is 0.462. The van der Waals surface area contributed by atoms with E-state index in [1.54, 1.807) is 15.9 Å². The Bertz CT molecular complexity index is 714. The van der Waals surface area contributed by atoms with Crippen LogP contribution in [0.5, 0.6) is 0 Å². The molecule has 4 N–H and O–H groups in total. The first-order valence-electron chi connectivity index (χ1n) is 10.6. The van der Waals surface area contributed by atoms with Crippen LogP contribution in [0.15, 0.2) is 6.33 Å². The van der Waals surface area contributed by atoms with Gasteiger partial charge in [-0.3, -0.25) is 15.0 Å². The van der Waals surface area contributed by atoms with Crippen LogP contribution in [0, 0.1) is 5.41 Å². The third-order valence-electron chi connectivity index (χ3n) is 5.31. The Balaban J connectivity index is 1.80. The molecule has 1 aromatic rings. The van der Waals surface area contributed by atoms with Crippen LogP contribution < -0.4 is 11.2 Å². The number of amidine groups is 1. The minimum absolute atomic E-state index is 0.0132. The van der Waals surface area contributed by atoms with E-state index in [1.165, 1.54) is 6.42 Å². The van der Waals surface area contributed by atoms with Crippen LogP contribution >= 0.6 is 0 Å². The highest BCUT2D eigenvalue weighted by molar-refractivity contribution is 5.99. The van der Waals surface area contributed by atoms with Gasteiger partial charge in [0, 0.05) is 6.61 Å². The SMILES string of the molecule is CC(C)(C)OC(=O)NN(C(=N)c1ncn(C2CCCCO2)c1N)C1CCCCC1. The van der Waals surface area contributed by atoms with Crippen molar-refractivity contribution in [1.82, 2.24) is 20.0 Å². The van der Waals surface area contributed by atoms with E-state index in [0.717, 1.165) is 44.9 Å². The van der Waals surface area contributed by atoms with Gasteiger partial charge in [0.15, 0.2) is 5.84 Å². The standard InChI is InChI=1S/C20H34N6O3/c1-20(2,3)29-19(27)24-26(14-9-5-4-6-10-14)18(22)16-17(21)25(13-23-16)15-11-7-8-12-28-15/h13-15,22H,4-12,21H2,1-3H3,(H,24,27). The van der Waals surface area contributed by atoms with Gasteiger partial charge < -0.3 is 15.2 Å². The number of ether oxygens (including phenoxy) is 2. The van der Waals surface area contributed by atoms with Gasteiger partial charge in [-0.05, 0) is 52.9 Å². The number of nitrogen functional groups attached to an aromatic ring is 1. The molecule has 1 atom stereocenters. The maximum atomic E-state index is 12.4. The second-order valence-corrected chi connectivity index (χ2v) is 8.83. The Labute approximate surface area is 172 Å². The lowest BCUT2D eigenvalue weighted by atomic mass is 9.95. The fourth-order valence-corrected chi connectivity index (χ4v) is 3.91. The number of hydrogen-bond donors (Lipinski definition) is 3. The fourth-order valence-electron chi connectivity index (χ4n) is 3.91. The fraction of sp³-hybridized carbons (Fsp3) is 0.750. The van der Waals surface area contributed by atoms with Gasteiger partial charge in [-0.1, -0.05) is 19.3 Å². The zero-order valence-corrected chi connectivity index (χ0v) is 17.7. The van der Waals surface area contributed by atoms with Crippen molar-refractivity contribution in [3.05, 3.63) is 12.0 Å². The van der Waals surface area contributed by atoms with E-state index in [0.29, 0.717) is 18.1 Å². The van der Waals surface area contributed by atoms with Crippen molar-refractivity contribution in [3.8, 4) is 0 Å². The first-order chi connectivity index (χ1) is 13.8. The molecule has 1 amide bonds. The number of anilines is 1. The molecular weight excluding hydrogens is 372 g/mol. The number of amides is 1. The summed E-state index contributed by atoms with van der Waals surface area (Å²) in [6, 6.07) is 0.0132. The molecule has 1 aliphatic carbocycles. The van der Waals surface area contributed by atoms with Crippen LogP contribution in [0.25, 0.3) is 0 Å². The lowest BCUT2D eigenvalue weighted by molar-refractivity contribution is -0.0307. The van der Waals surface area contributed by atoms with E-state index in [2.05, 4.69) is 10.4 Å². The molecule has 2 fully saturated rings. The molecule has 9 nitrogen and oxygen atoms in total. The highest BCUT2D eigenvalue weighted by atomic mass is 16.6. The molecule has 9 heteroatoms. The Morgan fingerprint density at radius 1 is 1.28 bits per heavy atom. The maximum absolute atomic E-state index is 12.4. The summed E-state index contributed by atoms with van der Waals surface area (Å²) in [4.78, 5) is 16.8. The molecule has 0 spiro atoms. The van der Waals surface area contributed by atoms with E-state index in [4.69, 9.17) is 20.6 Å². The van der Waals surface area contributed by atoms with Crippen molar-refractivity contribution in [2.45, 2.75) is 90.0 Å². The van der Waals surface area contributed by atoms with Crippen molar-refractivity contribution >= 4 is 17.7 Å². The van der Waals surface area contributed by atoms with Crippen LogP contribution in [0.2, 0.25) is 0 Å². The minimum atomic E-state index is -0.622. The molecule has 1 saturated carbocycles. The quantitative estimate of drug-likeness (QED) is 0.401. The van der Waals surface area contributed by atoms with Gasteiger partial charge in [0.2, 0.25) is 0 Å². The van der Waals surface area contributed by atoms with Crippen molar-refractivity contribution in [2.24, 2.45) is 0 Å². The van der Waals surface area contributed by atoms with Gasteiger partial charge in [0.1, 0.15) is 23.3 Å². The van der Waals surface area contributed by atoms with Gasteiger partial charge >= 0.3 is 6.09 Å². The largest absolute Gasteiger partial charge is 0.443 e. The Hall–Kier alpha value is -2.29. The van der Waals surface area contributed by atoms with Gasteiger partial charge in [-0.2, -0.15) is 0 Å². The van der Waals surface area contributed by atoms with Crippen molar-refractivity contribution in [3.63, 3.8) is 0 Å². The zero-order chi connectivity index (χ0) is 21.0. The van der Waals surface area contributed by atoms with Gasteiger partial charge in [0.05, 0.1) is 12.4 Å². The molecule has 0 aromatic carbocycles. The van der Waals surface area contributed by atoms with Gasteiger partial charge in [0.25, 0.3) is 0 Å². The number of nitrogens with zero attached hydrogens (tertiary/aromatic N) is 3. The number of carbonyl (C=O) groups excluding carboxylic acids is 1. The number of nitrogens with two attached hydrogens (primary N) is 1. The lowest BCUT2D eigenvalue weighted by Gasteiger charge is -2.36. The smallest absolute Gasteiger partial charge is 0.426 e. The molecule has 3 rings (SSSR count). The Morgan fingerprint density at radius 3 is 2.59 bits per heavy atom. The number of hydrogen-bond acceptors (Lipinski definition) is 6. The molecule has 0 radical (unpaired) electrons. The Kier molecular flexibility index (Phi) is 6.66. The second-order valence-electron chi connectivity index (χ2n) is 8.83. The van der Waals surface area contributed by atoms with Gasteiger partial charge in [-0.25, -0.2) is 15.2 Å². The van der Waals surface area contributed by atoms with Crippen molar-refractivity contribution in [1.29, 1.82) is 5.41 Å². The summed E-state index contributed by atoms with van der Waals surface area (Å²) >= 11 is 0. The summed E-state index contributed by atoms with van der Waals surface area (Å²) < 4.78 is 13.0. The number of rotatable bonds is 3. The molecule has 0 bridgehead atoms. The maximum Gasteiger partial charge on any atom is 0.426 e. The number of carbonyl (C=O) groups is 1. The molecule has 1 saturated heterocycles. The first-order valence-corrected chi connectivity index (χ1v) is 10.6. The number of nitrogens with one attached hydrogen (secondary N) is 2. The molecule has 1 aliphatic heterocycles. The first kappa shape index (κ1) is 21.4. The van der Waals surface area contributed by atoms with Crippen molar-refractivity contribution in [2.75, 3.05) is 12.3 Å². The number of imidazole rings is 1. The molecule has 29 heavy (non-hydrogen) atoms. The van der Waals surface area contributed by atoms with Crippen LogP contribution in [-0.2, 0) is 9.47 Å². The summed E-state index contributed by atoms with van der Waals surface area (Å²) in [6.45, 7) is 6.13. The molecule has 1 aromatic heterocycles. The molecule has 2 aliphatic rings. The normalized spacial score (nSPS) is 20.9. The van der Waals surface area contributed by atoms with Crippen LogP contribution in [0.3, 0.4) is 0 Å². The van der Waals surface area contributed by atoms with Gasteiger partial charge in [-0.15, -0.1) is 0 Å². The molecular formula is C20H34N6O3. The zero-order valence-electron chi connectivity index (χ0n) is 17.7. The monoisotopic (exact) mass is 406 g/mol. The highest BCUT2D eigenvalue weighted by Crippen LogP contribution is 2.28. The van der Waals surface area contributed by atoms with Crippen LogP contribution in [0.1, 0.15) is 84.1 Å². The lowest BCUT2D eigenvalue weighted by Crippen LogP contribution is -2.53. The predicted octanol–water partition coefficient (Wildman–Crippen LogP) is 3.56. The van der Waals surface area contributed by atoms with E-state index in [9.17, 15) is 4.79 Å². The van der Waals surface area contributed by atoms with Crippen molar-refractivity contribution < 1.29 is 14.3 Å². The van der Waals surface area contributed by atoms with Crippen LogP contribution in [-0.4, -0.2) is 44.7 Å². The molecule has 162 valence electrons. The summed E-state index contributed by atoms with van der Waals surface area (Å²) in [6.07, 6.45) is 8.95. The third kappa shape index (κ3) is 5.41. The number of aromatic nitrogens is 2. The van der Waals surface area contributed by atoms with E-state index in [1.807, 2.05) is 20.8 Å².